The van der Waals surface area contributed by atoms with Crippen molar-refractivity contribution >= 4 is 42.1 Å². The number of hydrogen-bond donors (Lipinski definition) is 1. The second-order valence-electron chi connectivity index (χ2n) is 4.59. The molecule has 1 fully saturated rings. The molecule has 2 aromatic heterocycles. The summed E-state index contributed by atoms with van der Waals surface area (Å²) in [4.78, 5) is 4.33. The van der Waals surface area contributed by atoms with E-state index in [4.69, 9.17) is 11.6 Å². The van der Waals surface area contributed by atoms with Gasteiger partial charge in [-0.3, -0.25) is 0 Å². The van der Waals surface area contributed by atoms with Crippen LogP contribution < -0.4 is 5.32 Å². The highest BCUT2D eigenvalue weighted by Crippen LogP contribution is 2.23. The zero-order valence-electron chi connectivity index (χ0n) is 10.6. The SMILES string of the molecule is Cc1cn2nc(C3CCCCN3)cc2nc1Cl.Cl.Cl. The molecule has 0 amide bonds. The van der Waals surface area contributed by atoms with Gasteiger partial charge >= 0.3 is 0 Å². The first-order chi connectivity index (χ1) is 8.24. The van der Waals surface area contributed by atoms with Crippen molar-refractivity contribution in [3.63, 3.8) is 0 Å². The van der Waals surface area contributed by atoms with Crippen molar-refractivity contribution in [1.82, 2.24) is 19.9 Å². The third-order valence-corrected chi connectivity index (χ3v) is 3.64. The van der Waals surface area contributed by atoms with Gasteiger partial charge in [0.15, 0.2) is 5.65 Å². The van der Waals surface area contributed by atoms with Crippen LogP contribution in [0.1, 0.15) is 36.6 Å². The number of piperidine rings is 1. The van der Waals surface area contributed by atoms with Crippen molar-refractivity contribution in [3.05, 3.63) is 28.7 Å². The second kappa shape index (κ2) is 6.75. The van der Waals surface area contributed by atoms with Gasteiger partial charge in [-0.25, -0.2) is 9.50 Å². The fourth-order valence-electron chi connectivity index (χ4n) is 2.28. The fraction of sp³-hybridized carbons (Fsp3) is 0.500. The van der Waals surface area contributed by atoms with E-state index in [0.29, 0.717) is 11.2 Å². The van der Waals surface area contributed by atoms with Gasteiger partial charge in [0.05, 0.1) is 11.7 Å². The van der Waals surface area contributed by atoms with Crippen LogP contribution in [0.3, 0.4) is 0 Å². The number of aromatic nitrogens is 3. The maximum absolute atomic E-state index is 6.01. The minimum absolute atomic E-state index is 0. The molecule has 3 rings (SSSR count). The Morgan fingerprint density at radius 1 is 1.37 bits per heavy atom. The number of hydrogen-bond acceptors (Lipinski definition) is 3. The number of rotatable bonds is 1. The van der Waals surface area contributed by atoms with Crippen LogP contribution in [-0.4, -0.2) is 21.1 Å². The normalized spacial score (nSPS) is 18.7. The number of nitrogens with zero attached hydrogens (tertiary/aromatic N) is 3. The quantitative estimate of drug-likeness (QED) is 0.818. The summed E-state index contributed by atoms with van der Waals surface area (Å²) in [5, 5.41) is 8.62. The summed E-state index contributed by atoms with van der Waals surface area (Å²) in [7, 11) is 0. The Morgan fingerprint density at radius 2 is 2.16 bits per heavy atom. The van der Waals surface area contributed by atoms with Gasteiger partial charge in [0.25, 0.3) is 0 Å². The summed E-state index contributed by atoms with van der Waals surface area (Å²) < 4.78 is 1.81. The maximum Gasteiger partial charge on any atom is 0.157 e. The molecule has 1 aliphatic rings. The molecule has 7 heteroatoms. The molecule has 0 spiro atoms. The topological polar surface area (TPSA) is 42.2 Å². The summed E-state index contributed by atoms with van der Waals surface area (Å²) in [6.45, 7) is 3.01. The van der Waals surface area contributed by atoms with Gasteiger partial charge in [0, 0.05) is 17.8 Å². The molecule has 0 radical (unpaired) electrons. The highest BCUT2D eigenvalue weighted by Gasteiger charge is 2.18. The Morgan fingerprint density at radius 3 is 2.84 bits per heavy atom. The Kier molecular flexibility index (Phi) is 5.86. The first kappa shape index (κ1) is 16.5. The third-order valence-electron chi connectivity index (χ3n) is 3.26. The Bertz CT molecular complexity index is 510. The lowest BCUT2D eigenvalue weighted by Crippen LogP contribution is -2.27. The summed E-state index contributed by atoms with van der Waals surface area (Å²) >= 11 is 6.01. The first-order valence-corrected chi connectivity index (χ1v) is 6.37. The second-order valence-corrected chi connectivity index (χ2v) is 4.95. The van der Waals surface area contributed by atoms with Gasteiger partial charge in [-0.2, -0.15) is 5.10 Å². The fourth-order valence-corrected chi connectivity index (χ4v) is 2.42. The van der Waals surface area contributed by atoms with E-state index in [0.717, 1.165) is 29.9 Å². The molecule has 1 unspecified atom stereocenters. The molecular weight excluding hydrogens is 307 g/mol. The lowest BCUT2D eigenvalue weighted by Gasteiger charge is -2.21. The molecule has 2 aromatic rings. The van der Waals surface area contributed by atoms with Crippen LogP contribution in [0, 0.1) is 6.92 Å². The van der Waals surface area contributed by atoms with Gasteiger partial charge in [-0.15, -0.1) is 24.8 Å². The average molecular weight is 324 g/mol. The molecule has 1 aliphatic heterocycles. The Hall–Kier alpha value is -0.550. The van der Waals surface area contributed by atoms with E-state index in [1.807, 2.05) is 23.7 Å². The largest absolute Gasteiger partial charge is 0.309 e. The molecule has 0 aromatic carbocycles. The number of fused-ring (bicyclic) bond motifs is 1. The smallest absolute Gasteiger partial charge is 0.157 e. The summed E-state index contributed by atoms with van der Waals surface area (Å²) in [5.74, 6) is 0. The Balaban J connectivity index is 0.000000902. The van der Waals surface area contributed by atoms with Crippen LogP contribution in [0.5, 0.6) is 0 Å². The molecule has 0 aliphatic carbocycles. The maximum atomic E-state index is 6.01. The van der Waals surface area contributed by atoms with Crippen molar-refractivity contribution in [1.29, 1.82) is 0 Å². The standard InChI is InChI=1S/C12H15ClN4.2ClH/c1-8-7-17-11(15-12(8)13)6-10(16-17)9-4-2-3-5-14-9;;/h6-7,9,14H,2-5H2,1H3;2*1H. The van der Waals surface area contributed by atoms with E-state index in [9.17, 15) is 0 Å². The molecule has 1 atom stereocenters. The molecule has 3 heterocycles. The predicted octanol–water partition coefficient (Wildman–Crippen LogP) is 3.35. The highest BCUT2D eigenvalue weighted by molar-refractivity contribution is 6.30. The van der Waals surface area contributed by atoms with E-state index in [-0.39, 0.29) is 24.8 Å². The molecule has 0 bridgehead atoms. The van der Waals surface area contributed by atoms with Crippen molar-refractivity contribution in [2.24, 2.45) is 0 Å². The van der Waals surface area contributed by atoms with Crippen LogP contribution in [0.15, 0.2) is 12.3 Å². The number of halogens is 3. The van der Waals surface area contributed by atoms with E-state index in [1.165, 1.54) is 12.8 Å². The third kappa shape index (κ3) is 3.31. The molecule has 0 saturated carbocycles. The van der Waals surface area contributed by atoms with E-state index in [1.54, 1.807) is 0 Å². The molecule has 1 saturated heterocycles. The van der Waals surface area contributed by atoms with Gasteiger partial charge in [-0.1, -0.05) is 18.0 Å². The number of nitrogens with one attached hydrogen (secondary N) is 1. The van der Waals surface area contributed by atoms with Crippen molar-refractivity contribution in [3.8, 4) is 0 Å². The summed E-state index contributed by atoms with van der Waals surface area (Å²) in [6, 6.07) is 2.39. The van der Waals surface area contributed by atoms with E-state index >= 15 is 0 Å². The average Bonchev–Trinajstić information content (AvgIpc) is 2.74. The van der Waals surface area contributed by atoms with Crippen LogP contribution in [0.2, 0.25) is 5.15 Å². The first-order valence-electron chi connectivity index (χ1n) is 6.00. The lowest BCUT2D eigenvalue weighted by molar-refractivity contribution is 0.404. The molecule has 106 valence electrons. The van der Waals surface area contributed by atoms with E-state index in [2.05, 4.69) is 15.4 Å². The minimum atomic E-state index is 0. The molecule has 19 heavy (non-hydrogen) atoms. The van der Waals surface area contributed by atoms with Crippen LogP contribution in [0.4, 0.5) is 0 Å². The molecular formula is C12H17Cl3N4. The van der Waals surface area contributed by atoms with Crippen molar-refractivity contribution in [2.75, 3.05) is 6.54 Å². The van der Waals surface area contributed by atoms with Crippen LogP contribution >= 0.6 is 36.4 Å². The van der Waals surface area contributed by atoms with Gasteiger partial charge < -0.3 is 5.32 Å². The molecule has 1 N–H and O–H groups in total. The van der Waals surface area contributed by atoms with Gasteiger partial charge in [0.1, 0.15) is 5.15 Å². The number of aryl methyl sites for hydroxylation is 1. The van der Waals surface area contributed by atoms with Crippen LogP contribution in [0.25, 0.3) is 5.65 Å². The monoisotopic (exact) mass is 322 g/mol. The lowest BCUT2D eigenvalue weighted by atomic mass is 10.0. The van der Waals surface area contributed by atoms with Gasteiger partial charge in [0.2, 0.25) is 0 Å². The van der Waals surface area contributed by atoms with Gasteiger partial charge in [-0.05, 0) is 26.3 Å². The summed E-state index contributed by atoms with van der Waals surface area (Å²) in [6.07, 6.45) is 5.60. The van der Waals surface area contributed by atoms with E-state index < -0.39 is 0 Å². The zero-order valence-corrected chi connectivity index (χ0v) is 13.0. The molecule has 4 nitrogen and oxygen atoms in total. The van der Waals surface area contributed by atoms with Crippen LogP contribution in [-0.2, 0) is 0 Å². The Labute approximate surface area is 129 Å². The van der Waals surface area contributed by atoms with Crippen molar-refractivity contribution in [2.45, 2.75) is 32.2 Å². The predicted molar refractivity (Wildman–Crippen MR) is 81.8 cm³/mol. The highest BCUT2D eigenvalue weighted by atomic mass is 35.5. The summed E-state index contributed by atoms with van der Waals surface area (Å²) in [5.41, 5.74) is 2.84. The minimum Gasteiger partial charge on any atom is -0.309 e. The van der Waals surface area contributed by atoms with Crippen molar-refractivity contribution < 1.29 is 0 Å². The zero-order chi connectivity index (χ0) is 11.8.